The number of anilines is 9. The summed E-state index contributed by atoms with van der Waals surface area (Å²) < 4.78 is 9.67. The first kappa shape index (κ1) is 42.0. The van der Waals surface area contributed by atoms with Crippen LogP contribution in [0.1, 0.15) is 33.4 Å². The number of fused-ring (bicyclic) bond motifs is 3. The van der Waals surface area contributed by atoms with Gasteiger partial charge < -0.3 is 24.0 Å². The normalized spacial score (nSPS) is 11.3. The van der Waals surface area contributed by atoms with Crippen molar-refractivity contribution in [1.29, 1.82) is 0 Å². The number of rotatable bonds is 11. The van der Waals surface area contributed by atoms with Gasteiger partial charge in [0.1, 0.15) is 5.75 Å². The van der Waals surface area contributed by atoms with Crippen molar-refractivity contribution in [2.75, 3.05) is 14.7 Å². The predicted molar refractivity (Wildman–Crippen MR) is 279 cm³/mol. The van der Waals surface area contributed by atoms with Crippen molar-refractivity contribution >= 4 is 73.0 Å². The molecule has 0 saturated carbocycles. The molecule has 0 N–H and O–H groups in total. The molecule has 1 aromatic heterocycles. The van der Waals surface area contributed by atoms with Crippen LogP contribution in [0.15, 0.2) is 200 Å². The van der Waals surface area contributed by atoms with Crippen molar-refractivity contribution in [2.24, 2.45) is 7.05 Å². The van der Waals surface area contributed by atoms with Crippen molar-refractivity contribution in [3.05, 3.63) is 234 Å². The molecule has 66 heavy (non-hydrogen) atoms. The second-order valence-corrected chi connectivity index (χ2v) is 17.7. The van der Waals surface area contributed by atoms with Crippen LogP contribution in [0.3, 0.4) is 0 Å². The van der Waals surface area contributed by atoms with Crippen LogP contribution < -0.4 is 19.4 Å². The molecule has 0 atom stereocenters. The van der Waals surface area contributed by atoms with Gasteiger partial charge in [-0.05, 0) is 139 Å². The van der Waals surface area contributed by atoms with E-state index in [1.165, 1.54) is 33.4 Å². The van der Waals surface area contributed by atoms with Gasteiger partial charge in [-0.3, -0.25) is 0 Å². The lowest BCUT2D eigenvalue weighted by Crippen LogP contribution is -2.14. The van der Waals surface area contributed by atoms with E-state index < -0.39 is 0 Å². The van der Waals surface area contributed by atoms with E-state index in [1.54, 1.807) is 0 Å². The molecule has 324 valence electrons. The third-order valence-corrected chi connectivity index (χ3v) is 12.6. The summed E-state index contributed by atoms with van der Waals surface area (Å²) in [6, 6.07) is 72.3. The topological polar surface area (TPSA) is 23.9 Å². The van der Waals surface area contributed by atoms with Gasteiger partial charge >= 0.3 is 0 Å². The van der Waals surface area contributed by atoms with Gasteiger partial charge in [0.2, 0.25) is 0 Å². The molecule has 5 nitrogen and oxygen atoms in total. The van der Waals surface area contributed by atoms with E-state index in [1.807, 2.05) is 0 Å². The summed E-state index contributed by atoms with van der Waals surface area (Å²) in [6.07, 6.45) is 0. The Balaban J connectivity index is 1.21. The lowest BCUT2D eigenvalue weighted by Gasteiger charge is -2.30. The number of hydrogen-bond acceptors (Lipinski definition) is 4. The zero-order valence-corrected chi connectivity index (χ0v) is 38.7. The van der Waals surface area contributed by atoms with Gasteiger partial charge in [-0.25, -0.2) is 0 Å². The van der Waals surface area contributed by atoms with Crippen LogP contribution in [-0.2, 0) is 7.05 Å². The largest absolute Gasteiger partial charge is 0.455 e. The van der Waals surface area contributed by atoms with Crippen LogP contribution in [0.4, 0.5) is 51.2 Å². The lowest BCUT2D eigenvalue weighted by atomic mass is 10.1. The molecule has 10 aromatic rings. The van der Waals surface area contributed by atoms with Gasteiger partial charge in [0.05, 0.1) is 22.6 Å². The molecule has 5 heteroatoms. The predicted octanol–water partition coefficient (Wildman–Crippen LogP) is 17.4. The summed E-state index contributed by atoms with van der Waals surface area (Å²) in [6.45, 7) is 12.8. The number of hydrogen-bond donors (Lipinski definition) is 0. The average Bonchev–Trinajstić information content (AvgIpc) is 3.63. The highest BCUT2D eigenvalue weighted by Gasteiger charge is 2.25. The molecule has 0 aliphatic carbocycles. The van der Waals surface area contributed by atoms with Gasteiger partial charge in [0, 0.05) is 69.6 Å². The van der Waals surface area contributed by atoms with Crippen LogP contribution in [-0.4, -0.2) is 4.57 Å². The number of benzene rings is 9. The molecule has 1 heterocycles. The summed E-state index contributed by atoms with van der Waals surface area (Å²) in [4.78, 5) is 7.03. The molecule has 0 spiro atoms. The van der Waals surface area contributed by atoms with E-state index in [-0.39, 0.29) is 0 Å². The Hall–Kier alpha value is -8.02. The van der Waals surface area contributed by atoms with Gasteiger partial charge in [-0.1, -0.05) is 124 Å². The molecule has 0 radical (unpaired) electrons. The zero-order valence-electron chi connectivity index (χ0n) is 38.7. The Bertz CT molecular complexity index is 3060. The second kappa shape index (κ2) is 17.5. The number of ether oxygens (including phenoxy) is 1. The average molecular weight is 859 g/mol. The highest BCUT2D eigenvalue weighted by molar-refractivity contribution is 6.17. The van der Waals surface area contributed by atoms with E-state index in [9.17, 15) is 0 Å². The maximum Gasteiger partial charge on any atom is 0.151 e. The van der Waals surface area contributed by atoms with E-state index in [0.29, 0.717) is 5.75 Å². The van der Waals surface area contributed by atoms with Crippen LogP contribution in [0.2, 0.25) is 0 Å². The number of aryl methyl sites for hydroxylation is 7. The van der Waals surface area contributed by atoms with Gasteiger partial charge in [-0.15, -0.1) is 0 Å². The van der Waals surface area contributed by atoms with Crippen molar-refractivity contribution < 1.29 is 4.74 Å². The Kier molecular flexibility index (Phi) is 11.1. The standard InChI is InChI=1S/C61H54N4O/c1-41-12-24-47(25-13-41)63(48-26-14-42(2)15-27-48)53-38-54(64(49-28-16-43(3)17-29-49)50-30-18-44(4)19-31-50)40-55(39-53)66-59-37-36-58(60-56-10-8-9-11-57(56)62(7)61(59)60)65(51-32-20-45(5)21-33-51)52-34-22-46(6)23-35-52/h8-40H,1-7H3. The first-order valence-corrected chi connectivity index (χ1v) is 22.7. The van der Waals surface area contributed by atoms with Crippen LogP contribution in [0.25, 0.3) is 21.8 Å². The highest BCUT2D eigenvalue weighted by Crippen LogP contribution is 2.48. The molecule has 0 fully saturated rings. The van der Waals surface area contributed by atoms with Gasteiger partial charge in [0.25, 0.3) is 0 Å². The van der Waals surface area contributed by atoms with Crippen LogP contribution in [0.5, 0.6) is 11.5 Å². The van der Waals surface area contributed by atoms with Gasteiger partial charge in [0.15, 0.2) is 5.75 Å². The third kappa shape index (κ3) is 8.16. The Morgan fingerprint density at radius 1 is 0.348 bits per heavy atom. The Morgan fingerprint density at radius 2 is 0.697 bits per heavy atom. The van der Waals surface area contributed by atoms with Crippen molar-refractivity contribution in [3.63, 3.8) is 0 Å². The van der Waals surface area contributed by atoms with E-state index in [4.69, 9.17) is 4.74 Å². The molecule has 0 amide bonds. The SMILES string of the molecule is Cc1ccc(N(c2ccc(C)cc2)c2cc(Oc3ccc(N(c4ccc(C)cc4)c4ccc(C)cc4)c4c5ccccc5n(C)c34)cc(N(c3ccc(C)cc3)c3ccc(C)cc3)c2)cc1. The molecule has 0 aliphatic rings. The summed E-state index contributed by atoms with van der Waals surface area (Å²) in [5.41, 5.74) is 18.8. The fourth-order valence-electron chi connectivity index (χ4n) is 9.02. The quantitative estimate of drug-likeness (QED) is 0.129. The van der Waals surface area contributed by atoms with E-state index in [2.05, 4.69) is 268 Å². The molecule has 0 bridgehead atoms. The molecule has 0 unspecified atom stereocenters. The fourth-order valence-corrected chi connectivity index (χ4v) is 9.02. The zero-order chi connectivity index (χ0) is 45.5. The minimum atomic E-state index is 0.712. The van der Waals surface area contributed by atoms with E-state index >= 15 is 0 Å². The maximum atomic E-state index is 7.39. The smallest absolute Gasteiger partial charge is 0.151 e. The third-order valence-electron chi connectivity index (χ3n) is 12.6. The van der Waals surface area contributed by atoms with Crippen LogP contribution >= 0.6 is 0 Å². The number of para-hydroxylation sites is 1. The summed E-state index contributed by atoms with van der Waals surface area (Å²) in [7, 11) is 2.15. The Labute approximate surface area is 389 Å². The maximum absolute atomic E-state index is 7.39. The summed E-state index contributed by atoms with van der Waals surface area (Å²) in [5, 5.41) is 2.27. The Morgan fingerprint density at radius 3 is 1.08 bits per heavy atom. The molecular formula is C61H54N4O. The minimum absolute atomic E-state index is 0.712. The number of nitrogens with zero attached hydrogens (tertiary/aromatic N) is 4. The van der Waals surface area contributed by atoms with Crippen molar-refractivity contribution in [3.8, 4) is 11.5 Å². The summed E-state index contributed by atoms with van der Waals surface area (Å²) in [5.74, 6) is 1.47. The van der Waals surface area contributed by atoms with Crippen LogP contribution in [0, 0.1) is 41.5 Å². The molecule has 0 aliphatic heterocycles. The first-order chi connectivity index (χ1) is 32.1. The van der Waals surface area contributed by atoms with Gasteiger partial charge in [-0.2, -0.15) is 0 Å². The van der Waals surface area contributed by atoms with Crippen molar-refractivity contribution in [2.45, 2.75) is 41.5 Å². The number of aromatic nitrogens is 1. The lowest BCUT2D eigenvalue weighted by molar-refractivity contribution is 0.486. The molecule has 0 saturated heterocycles. The van der Waals surface area contributed by atoms with E-state index in [0.717, 1.165) is 78.7 Å². The monoisotopic (exact) mass is 858 g/mol. The summed E-state index contributed by atoms with van der Waals surface area (Å²) >= 11 is 0. The molecule has 9 aromatic carbocycles. The molecule has 10 rings (SSSR count). The minimum Gasteiger partial charge on any atom is -0.455 e. The first-order valence-electron chi connectivity index (χ1n) is 22.7. The fraction of sp³-hybridized carbons (Fsp3) is 0.115. The second-order valence-electron chi connectivity index (χ2n) is 17.7. The van der Waals surface area contributed by atoms with Crippen molar-refractivity contribution in [1.82, 2.24) is 4.57 Å². The highest BCUT2D eigenvalue weighted by atomic mass is 16.5. The molecular weight excluding hydrogens is 805 g/mol.